The average molecular weight is 536 g/mol. The molecule has 4 aromatic rings. The first-order valence-electron chi connectivity index (χ1n) is 11.5. The van der Waals surface area contributed by atoms with E-state index in [1.165, 1.54) is 6.07 Å². The topological polar surface area (TPSA) is 87.7 Å². The quantitative estimate of drug-likeness (QED) is 0.254. The third-order valence-electron chi connectivity index (χ3n) is 6.24. The number of nitrogens with zero attached hydrogens (tertiary/aromatic N) is 2. The van der Waals surface area contributed by atoms with E-state index in [0.717, 1.165) is 11.1 Å². The van der Waals surface area contributed by atoms with Crippen molar-refractivity contribution >= 4 is 29.1 Å². The van der Waals surface area contributed by atoms with Crippen molar-refractivity contribution in [1.82, 2.24) is 15.1 Å². The normalized spacial score (nSPS) is 14.5. The van der Waals surface area contributed by atoms with Crippen LogP contribution in [0, 0.1) is 0 Å². The molecule has 9 heteroatoms. The van der Waals surface area contributed by atoms with E-state index < -0.39 is 6.04 Å². The summed E-state index contributed by atoms with van der Waals surface area (Å²) in [7, 11) is 1.56. The van der Waals surface area contributed by atoms with Crippen LogP contribution in [-0.2, 0) is 6.54 Å². The molecule has 0 aliphatic carbocycles. The monoisotopic (exact) mass is 535 g/mol. The Morgan fingerprint density at radius 1 is 1.14 bits per heavy atom. The van der Waals surface area contributed by atoms with Gasteiger partial charge in [0.15, 0.2) is 11.5 Å². The SMILES string of the molecule is C=CCOc1ccc(C2c3c(-c4cc(Cl)ccc4O)n[nH]c3C(=O)N2Cc2ccccc2Cl)cc1OC. The third-order valence-corrected chi connectivity index (χ3v) is 6.84. The molecule has 1 unspecified atom stereocenters. The van der Waals surface area contributed by atoms with Crippen molar-refractivity contribution in [1.29, 1.82) is 0 Å². The Hall–Kier alpha value is -3.94. The second-order valence-electron chi connectivity index (χ2n) is 8.46. The molecule has 1 aliphatic heterocycles. The Balaban J connectivity index is 1.68. The van der Waals surface area contributed by atoms with Crippen molar-refractivity contribution in [3.05, 3.63) is 106 Å². The zero-order valence-electron chi connectivity index (χ0n) is 19.9. The number of nitrogens with one attached hydrogen (secondary N) is 1. The second kappa shape index (κ2) is 10.2. The van der Waals surface area contributed by atoms with Crippen LogP contribution in [0.1, 0.15) is 33.2 Å². The minimum absolute atomic E-state index is 0.000191. The van der Waals surface area contributed by atoms with Gasteiger partial charge < -0.3 is 19.5 Å². The minimum Gasteiger partial charge on any atom is -0.507 e. The lowest BCUT2D eigenvalue weighted by Crippen LogP contribution is -2.29. The van der Waals surface area contributed by atoms with Gasteiger partial charge in [0, 0.05) is 27.7 Å². The molecule has 188 valence electrons. The fourth-order valence-electron chi connectivity index (χ4n) is 4.54. The predicted molar refractivity (Wildman–Crippen MR) is 143 cm³/mol. The zero-order valence-corrected chi connectivity index (χ0v) is 21.4. The molecule has 37 heavy (non-hydrogen) atoms. The van der Waals surface area contributed by atoms with Gasteiger partial charge in [-0.2, -0.15) is 5.10 Å². The summed E-state index contributed by atoms with van der Waals surface area (Å²) < 4.78 is 11.3. The van der Waals surface area contributed by atoms with E-state index in [-0.39, 0.29) is 18.2 Å². The highest BCUT2D eigenvalue weighted by atomic mass is 35.5. The third kappa shape index (κ3) is 4.52. The number of ether oxygens (including phenoxy) is 2. The zero-order chi connectivity index (χ0) is 26.1. The van der Waals surface area contributed by atoms with Gasteiger partial charge in [-0.05, 0) is 47.5 Å². The van der Waals surface area contributed by atoms with Crippen molar-refractivity contribution in [3.8, 4) is 28.5 Å². The van der Waals surface area contributed by atoms with E-state index >= 15 is 0 Å². The van der Waals surface area contributed by atoms with Crippen LogP contribution in [0.4, 0.5) is 0 Å². The lowest BCUT2D eigenvalue weighted by molar-refractivity contribution is 0.0730. The summed E-state index contributed by atoms with van der Waals surface area (Å²) in [5.74, 6) is 0.813. The Morgan fingerprint density at radius 3 is 2.70 bits per heavy atom. The van der Waals surface area contributed by atoms with E-state index in [2.05, 4.69) is 16.8 Å². The average Bonchev–Trinajstić information content (AvgIpc) is 3.44. The number of carbonyl (C=O) groups is 1. The molecule has 0 saturated heterocycles. The van der Waals surface area contributed by atoms with E-state index in [9.17, 15) is 9.90 Å². The van der Waals surface area contributed by atoms with Crippen LogP contribution in [0.15, 0.2) is 73.3 Å². The van der Waals surface area contributed by atoms with Crippen molar-refractivity contribution in [3.63, 3.8) is 0 Å². The van der Waals surface area contributed by atoms with Gasteiger partial charge in [-0.3, -0.25) is 9.89 Å². The molecule has 0 radical (unpaired) electrons. The smallest absolute Gasteiger partial charge is 0.273 e. The Kier molecular flexibility index (Phi) is 6.82. The lowest BCUT2D eigenvalue weighted by atomic mass is 9.95. The molecule has 7 nitrogen and oxygen atoms in total. The first-order chi connectivity index (χ1) is 17.9. The van der Waals surface area contributed by atoms with Gasteiger partial charge in [-0.25, -0.2) is 0 Å². The molecule has 1 aromatic heterocycles. The number of fused-ring (bicyclic) bond motifs is 1. The lowest BCUT2D eigenvalue weighted by Gasteiger charge is -2.27. The van der Waals surface area contributed by atoms with Crippen LogP contribution in [-0.4, -0.2) is 39.8 Å². The van der Waals surface area contributed by atoms with E-state index in [4.69, 9.17) is 32.7 Å². The number of benzene rings is 3. The molecule has 3 aromatic carbocycles. The summed E-state index contributed by atoms with van der Waals surface area (Å²) in [5, 5.41) is 18.9. The Labute approximate surface area is 223 Å². The van der Waals surface area contributed by atoms with Gasteiger partial charge in [0.2, 0.25) is 0 Å². The highest BCUT2D eigenvalue weighted by Crippen LogP contribution is 2.47. The van der Waals surface area contributed by atoms with Gasteiger partial charge in [0.1, 0.15) is 23.7 Å². The maximum atomic E-state index is 13.7. The molecule has 0 spiro atoms. The number of aromatic hydroxyl groups is 1. The number of H-pyrrole nitrogens is 1. The number of halogens is 2. The van der Waals surface area contributed by atoms with E-state index in [1.807, 2.05) is 30.3 Å². The summed E-state index contributed by atoms with van der Waals surface area (Å²) in [6.07, 6.45) is 1.65. The Morgan fingerprint density at radius 2 is 1.95 bits per heavy atom. The number of rotatable bonds is 8. The summed E-state index contributed by atoms with van der Waals surface area (Å²) in [6, 6.07) is 17.0. The molecule has 1 aliphatic rings. The number of carbonyl (C=O) groups excluding carboxylic acids is 1. The van der Waals surface area contributed by atoms with Crippen LogP contribution in [0.25, 0.3) is 11.3 Å². The first kappa shape index (κ1) is 24.7. The number of phenolic OH excluding ortho intramolecular Hbond substituents is 1. The highest BCUT2D eigenvalue weighted by molar-refractivity contribution is 6.31. The standard InChI is InChI=1S/C28H23Cl2N3O4/c1-3-12-37-22-11-8-16(13-23(22)36-2)27-24-25(19-14-18(29)9-10-21(19)34)31-32-26(24)28(35)33(27)15-17-6-4-5-7-20(17)30/h3-11,13-14,27,34H,1,12,15H2,2H3,(H,31,32). The molecular weight excluding hydrogens is 513 g/mol. The van der Waals surface area contributed by atoms with Crippen LogP contribution in [0.2, 0.25) is 10.0 Å². The summed E-state index contributed by atoms with van der Waals surface area (Å²) in [5.41, 5.74) is 3.37. The fraction of sp³-hybridized carbons (Fsp3) is 0.143. The number of aromatic amines is 1. The summed E-state index contributed by atoms with van der Waals surface area (Å²) >= 11 is 12.7. The molecule has 1 atom stereocenters. The van der Waals surface area contributed by atoms with Crippen molar-refractivity contribution in [2.75, 3.05) is 13.7 Å². The highest BCUT2D eigenvalue weighted by Gasteiger charge is 2.43. The number of aromatic nitrogens is 2. The van der Waals surface area contributed by atoms with Crippen LogP contribution >= 0.6 is 23.2 Å². The Bertz CT molecular complexity index is 1500. The van der Waals surface area contributed by atoms with Crippen LogP contribution < -0.4 is 9.47 Å². The number of amides is 1. The molecule has 2 N–H and O–H groups in total. The van der Waals surface area contributed by atoms with Gasteiger partial charge in [0.25, 0.3) is 5.91 Å². The van der Waals surface area contributed by atoms with Gasteiger partial charge in [-0.15, -0.1) is 0 Å². The largest absolute Gasteiger partial charge is 0.507 e. The molecule has 0 bridgehead atoms. The maximum Gasteiger partial charge on any atom is 0.273 e. The molecule has 5 rings (SSSR count). The van der Waals surface area contributed by atoms with Crippen molar-refractivity contribution in [2.24, 2.45) is 0 Å². The number of hydrogen-bond acceptors (Lipinski definition) is 5. The maximum absolute atomic E-state index is 13.7. The van der Waals surface area contributed by atoms with Gasteiger partial charge >= 0.3 is 0 Å². The molecular formula is C28H23Cl2N3O4. The van der Waals surface area contributed by atoms with Gasteiger partial charge in [-0.1, -0.05) is 60.1 Å². The van der Waals surface area contributed by atoms with Crippen molar-refractivity contribution in [2.45, 2.75) is 12.6 Å². The van der Waals surface area contributed by atoms with Crippen molar-refractivity contribution < 1.29 is 19.4 Å². The molecule has 0 fully saturated rings. The molecule has 0 saturated carbocycles. The summed E-state index contributed by atoms with van der Waals surface area (Å²) in [4.78, 5) is 15.4. The second-order valence-corrected chi connectivity index (χ2v) is 9.30. The minimum atomic E-state index is -0.562. The van der Waals surface area contributed by atoms with E-state index in [1.54, 1.807) is 42.4 Å². The molecule has 1 amide bonds. The van der Waals surface area contributed by atoms with Crippen LogP contribution in [0.3, 0.4) is 0 Å². The first-order valence-corrected chi connectivity index (χ1v) is 12.2. The van der Waals surface area contributed by atoms with E-state index in [0.29, 0.717) is 50.7 Å². The van der Waals surface area contributed by atoms with Crippen LogP contribution in [0.5, 0.6) is 17.2 Å². The summed E-state index contributed by atoms with van der Waals surface area (Å²) in [6.45, 7) is 4.26. The fourth-order valence-corrected chi connectivity index (χ4v) is 4.91. The number of phenols is 1. The number of methoxy groups -OCH3 is 1. The predicted octanol–water partition coefficient (Wildman–Crippen LogP) is 6.41. The molecule has 2 heterocycles. The number of hydrogen-bond donors (Lipinski definition) is 2. The van der Waals surface area contributed by atoms with Gasteiger partial charge in [0.05, 0.1) is 13.2 Å².